The zero-order valence-corrected chi connectivity index (χ0v) is 16.4. The summed E-state index contributed by atoms with van der Waals surface area (Å²) in [6, 6.07) is 4.42. The van der Waals surface area contributed by atoms with Crippen molar-refractivity contribution in [2.75, 3.05) is 28.4 Å². The number of carbonyl (C=O) groups is 1. The van der Waals surface area contributed by atoms with Crippen molar-refractivity contribution in [1.29, 1.82) is 0 Å². The Hall–Kier alpha value is -1.99. The van der Waals surface area contributed by atoms with Gasteiger partial charge in [-0.15, -0.1) is 12.4 Å². The van der Waals surface area contributed by atoms with Crippen molar-refractivity contribution in [2.24, 2.45) is 5.10 Å². The molecule has 3 rings (SSSR count). The number of rotatable bonds is 5. The molecule has 144 valence electrons. The summed E-state index contributed by atoms with van der Waals surface area (Å²) >= 11 is 0. The number of benzene rings is 1. The van der Waals surface area contributed by atoms with Gasteiger partial charge in [-0.25, -0.2) is 5.43 Å². The molecule has 0 aliphatic carbocycles. The van der Waals surface area contributed by atoms with Crippen LogP contribution in [-0.4, -0.2) is 57.0 Å². The Morgan fingerprint density at radius 2 is 1.69 bits per heavy atom. The molecule has 2 aliphatic heterocycles. The van der Waals surface area contributed by atoms with Crippen LogP contribution in [0.1, 0.15) is 36.0 Å². The van der Waals surface area contributed by atoms with Crippen LogP contribution in [0.5, 0.6) is 17.2 Å². The van der Waals surface area contributed by atoms with Crippen LogP contribution in [0, 0.1) is 0 Å². The van der Waals surface area contributed by atoms with E-state index in [2.05, 4.69) is 22.5 Å². The van der Waals surface area contributed by atoms with Gasteiger partial charge in [0.15, 0.2) is 11.5 Å². The number of hydrazone groups is 1. The monoisotopic (exact) mass is 383 g/mol. The lowest BCUT2D eigenvalue weighted by Gasteiger charge is -2.31. The Kier molecular flexibility index (Phi) is 6.72. The van der Waals surface area contributed by atoms with Gasteiger partial charge < -0.3 is 14.2 Å². The zero-order chi connectivity index (χ0) is 18.0. The Labute approximate surface area is 160 Å². The predicted molar refractivity (Wildman–Crippen MR) is 102 cm³/mol. The Balaban J connectivity index is 0.00000243. The number of nitrogens with one attached hydrogen (secondary N) is 1. The quantitative estimate of drug-likeness (QED) is 0.791. The first-order valence-corrected chi connectivity index (χ1v) is 8.45. The van der Waals surface area contributed by atoms with Crippen LogP contribution in [-0.2, 0) is 0 Å². The van der Waals surface area contributed by atoms with Crippen molar-refractivity contribution in [3.8, 4) is 17.2 Å². The van der Waals surface area contributed by atoms with Gasteiger partial charge in [0.1, 0.15) is 0 Å². The summed E-state index contributed by atoms with van der Waals surface area (Å²) in [6.07, 6.45) is 4.24. The number of hydrogen-bond acceptors (Lipinski definition) is 6. The lowest BCUT2D eigenvalue weighted by molar-refractivity contribution is 0.0950. The summed E-state index contributed by atoms with van der Waals surface area (Å²) in [5.74, 6) is 0.913. The highest BCUT2D eigenvalue weighted by Crippen LogP contribution is 2.39. The highest BCUT2D eigenvalue weighted by Gasteiger charge is 2.36. The Morgan fingerprint density at radius 3 is 2.23 bits per heavy atom. The minimum atomic E-state index is -0.323. The molecule has 1 amide bonds. The summed E-state index contributed by atoms with van der Waals surface area (Å²) < 4.78 is 15.9. The lowest BCUT2D eigenvalue weighted by atomic mass is 10.0. The largest absolute Gasteiger partial charge is 0.493 e. The van der Waals surface area contributed by atoms with Gasteiger partial charge in [0.25, 0.3) is 5.91 Å². The van der Waals surface area contributed by atoms with E-state index >= 15 is 0 Å². The first kappa shape index (κ1) is 20.3. The molecule has 2 unspecified atom stereocenters. The molecule has 2 bridgehead atoms. The molecule has 1 aromatic carbocycles. The molecule has 1 aromatic rings. The van der Waals surface area contributed by atoms with Crippen LogP contribution in [0.4, 0.5) is 0 Å². The first-order valence-electron chi connectivity index (χ1n) is 8.45. The van der Waals surface area contributed by atoms with Crippen LogP contribution in [0.2, 0.25) is 0 Å². The molecule has 2 heterocycles. The van der Waals surface area contributed by atoms with Crippen molar-refractivity contribution in [3.05, 3.63) is 17.7 Å². The van der Waals surface area contributed by atoms with Gasteiger partial charge in [-0.05, 0) is 32.0 Å². The summed E-state index contributed by atoms with van der Waals surface area (Å²) in [7, 11) is 6.72. The smallest absolute Gasteiger partial charge is 0.275 e. The van der Waals surface area contributed by atoms with Gasteiger partial charge in [-0.1, -0.05) is 0 Å². The number of amides is 1. The van der Waals surface area contributed by atoms with Crippen LogP contribution in [0.3, 0.4) is 0 Å². The topological polar surface area (TPSA) is 72.4 Å². The average molecular weight is 384 g/mol. The summed E-state index contributed by atoms with van der Waals surface area (Å²) in [5, 5.41) is 4.37. The zero-order valence-electron chi connectivity index (χ0n) is 15.6. The van der Waals surface area contributed by atoms with Gasteiger partial charge in [0.05, 0.1) is 26.9 Å². The van der Waals surface area contributed by atoms with E-state index in [1.54, 1.807) is 12.1 Å². The van der Waals surface area contributed by atoms with Crippen molar-refractivity contribution in [2.45, 2.75) is 37.8 Å². The fraction of sp³-hybridized carbons (Fsp3) is 0.556. The minimum Gasteiger partial charge on any atom is -0.493 e. The van der Waals surface area contributed by atoms with Gasteiger partial charge >= 0.3 is 0 Å². The summed E-state index contributed by atoms with van der Waals surface area (Å²) in [5.41, 5.74) is 4.09. The molecule has 0 saturated carbocycles. The number of hydrogen-bond donors (Lipinski definition) is 1. The third kappa shape index (κ3) is 3.73. The summed E-state index contributed by atoms with van der Waals surface area (Å²) in [4.78, 5) is 15.0. The van der Waals surface area contributed by atoms with Gasteiger partial charge in [-0.3, -0.25) is 9.69 Å². The maximum Gasteiger partial charge on any atom is 0.275 e. The van der Waals surface area contributed by atoms with E-state index in [1.165, 1.54) is 34.2 Å². The van der Waals surface area contributed by atoms with E-state index in [9.17, 15) is 4.79 Å². The first-order chi connectivity index (χ1) is 12.1. The molecule has 0 spiro atoms. The molecule has 2 atom stereocenters. The summed E-state index contributed by atoms with van der Waals surface area (Å²) in [6.45, 7) is 0. The normalized spacial score (nSPS) is 21.6. The number of fused-ring (bicyclic) bond motifs is 2. The molecule has 0 radical (unpaired) electrons. The average Bonchev–Trinajstić information content (AvgIpc) is 2.85. The van der Waals surface area contributed by atoms with E-state index in [0.29, 0.717) is 34.9 Å². The standard InChI is InChI=1S/C18H25N3O4.ClH/c1-21-12-5-6-13(21)10-11(9-12)19-20-18(22)14-7-8-15(23-2)17(25-4)16(14)24-3;/h7-8,12-13H,5-6,9-10H2,1-4H3,(H,20,22);1H. The maximum absolute atomic E-state index is 12.6. The van der Waals surface area contributed by atoms with Crippen LogP contribution >= 0.6 is 12.4 Å². The molecule has 0 aromatic heterocycles. The number of halogens is 1. The Bertz CT molecular complexity index is 679. The number of methoxy groups -OCH3 is 3. The van der Waals surface area contributed by atoms with Crippen LogP contribution < -0.4 is 19.6 Å². The highest BCUT2D eigenvalue weighted by molar-refractivity contribution is 5.99. The van der Waals surface area contributed by atoms with E-state index in [1.807, 2.05) is 0 Å². The molecule has 2 fully saturated rings. The van der Waals surface area contributed by atoms with E-state index in [4.69, 9.17) is 14.2 Å². The van der Waals surface area contributed by atoms with Gasteiger partial charge in [-0.2, -0.15) is 5.10 Å². The van der Waals surface area contributed by atoms with Gasteiger partial charge in [0.2, 0.25) is 5.75 Å². The van der Waals surface area contributed by atoms with Crippen molar-refractivity contribution in [1.82, 2.24) is 10.3 Å². The third-order valence-corrected chi connectivity index (χ3v) is 5.19. The van der Waals surface area contributed by atoms with E-state index in [-0.39, 0.29) is 18.3 Å². The minimum absolute atomic E-state index is 0. The van der Waals surface area contributed by atoms with Crippen molar-refractivity contribution in [3.63, 3.8) is 0 Å². The molecule has 2 aliphatic rings. The molecule has 26 heavy (non-hydrogen) atoms. The molecular formula is C18H26ClN3O4. The fourth-order valence-corrected chi connectivity index (χ4v) is 3.77. The number of nitrogens with zero attached hydrogens (tertiary/aromatic N) is 2. The third-order valence-electron chi connectivity index (χ3n) is 5.19. The number of ether oxygens (including phenoxy) is 3. The van der Waals surface area contributed by atoms with Crippen molar-refractivity contribution < 1.29 is 19.0 Å². The molecular weight excluding hydrogens is 358 g/mol. The van der Waals surface area contributed by atoms with Crippen molar-refractivity contribution >= 4 is 24.0 Å². The SMILES string of the molecule is COc1ccc(C(=O)NN=C2CC3CCC(C2)N3C)c(OC)c1OC.Cl. The van der Waals surface area contributed by atoms with Crippen LogP contribution in [0.25, 0.3) is 0 Å². The number of carbonyl (C=O) groups excluding carboxylic acids is 1. The molecule has 2 saturated heterocycles. The molecule has 8 heteroatoms. The highest BCUT2D eigenvalue weighted by atomic mass is 35.5. The molecule has 1 N–H and O–H groups in total. The van der Waals surface area contributed by atoms with Crippen LogP contribution in [0.15, 0.2) is 17.2 Å². The fourth-order valence-electron chi connectivity index (χ4n) is 3.77. The lowest BCUT2D eigenvalue weighted by Crippen LogP contribution is -2.40. The second-order valence-electron chi connectivity index (χ2n) is 6.46. The second kappa shape index (κ2) is 8.60. The maximum atomic E-state index is 12.6. The molecule has 7 nitrogen and oxygen atoms in total. The van der Waals surface area contributed by atoms with E-state index in [0.717, 1.165) is 18.6 Å². The van der Waals surface area contributed by atoms with E-state index < -0.39 is 0 Å². The predicted octanol–water partition coefficient (Wildman–Crippen LogP) is 2.48. The van der Waals surface area contributed by atoms with Gasteiger partial charge in [0, 0.05) is 30.6 Å². The Morgan fingerprint density at radius 1 is 1.08 bits per heavy atom. The number of piperidine rings is 1. The second-order valence-corrected chi connectivity index (χ2v) is 6.46.